The fourth-order valence-corrected chi connectivity index (χ4v) is 1.81. The molecule has 0 aliphatic heterocycles. The van der Waals surface area contributed by atoms with Gasteiger partial charge in [-0.3, -0.25) is 9.59 Å². The van der Waals surface area contributed by atoms with Gasteiger partial charge in [-0.25, -0.2) is 0 Å². The van der Waals surface area contributed by atoms with Crippen molar-refractivity contribution in [3.05, 3.63) is 58.5 Å². The van der Waals surface area contributed by atoms with E-state index >= 15 is 0 Å². The number of hydrogen-bond acceptors (Lipinski definition) is 3. The molecule has 2 aromatic rings. The third-order valence-electron chi connectivity index (χ3n) is 2.64. The first-order valence-corrected chi connectivity index (χ1v) is 6.07. The molecule has 0 saturated carbocycles. The highest BCUT2D eigenvalue weighted by atomic mass is 35.5. The molecule has 0 aliphatic carbocycles. The Bertz CT molecular complexity index is 605. The molecule has 0 saturated heterocycles. The van der Waals surface area contributed by atoms with Gasteiger partial charge in [0.2, 0.25) is 5.78 Å². The first kappa shape index (κ1) is 13.4. The third kappa shape index (κ3) is 3.03. The normalized spacial score (nSPS) is 10.2. The van der Waals surface area contributed by atoms with Gasteiger partial charge in [-0.15, -0.1) is 0 Å². The lowest BCUT2D eigenvalue weighted by Gasteiger charge is -2.07. The lowest BCUT2D eigenvalue weighted by atomic mass is 10.1. The average molecular weight is 278 g/mol. The number of aryl methyl sites for hydroxylation is 1. The molecule has 1 heterocycles. The molecule has 1 aromatic heterocycles. The lowest BCUT2D eigenvalue weighted by molar-refractivity contribution is 0.0892. The Morgan fingerprint density at radius 2 is 2.05 bits per heavy atom. The SMILES string of the molecule is Cc1cccc(C(=O)NCC(=O)c2ccco2)c1Cl. The van der Waals surface area contributed by atoms with Gasteiger partial charge >= 0.3 is 0 Å². The number of rotatable bonds is 4. The molecule has 0 bridgehead atoms. The number of carbonyl (C=O) groups excluding carboxylic acids is 2. The van der Waals surface area contributed by atoms with Gasteiger partial charge in [-0.05, 0) is 30.7 Å². The van der Waals surface area contributed by atoms with E-state index in [1.165, 1.54) is 6.26 Å². The van der Waals surface area contributed by atoms with Gasteiger partial charge in [-0.2, -0.15) is 0 Å². The van der Waals surface area contributed by atoms with Crippen LogP contribution in [0.4, 0.5) is 0 Å². The Morgan fingerprint density at radius 1 is 1.26 bits per heavy atom. The number of ketones is 1. The number of nitrogens with one attached hydrogen (secondary N) is 1. The number of amides is 1. The quantitative estimate of drug-likeness (QED) is 0.874. The van der Waals surface area contributed by atoms with Crippen molar-refractivity contribution < 1.29 is 14.0 Å². The Labute approximate surface area is 115 Å². The molecule has 4 nitrogen and oxygen atoms in total. The zero-order valence-corrected chi connectivity index (χ0v) is 11.0. The number of carbonyl (C=O) groups is 2. The second-order valence-electron chi connectivity index (χ2n) is 4.02. The maximum absolute atomic E-state index is 11.9. The summed E-state index contributed by atoms with van der Waals surface area (Å²) in [6.45, 7) is 1.68. The Hall–Kier alpha value is -2.07. The molecule has 1 N–H and O–H groups in total. The molecule has 0 aliphatic rings. The van der Waals surface area contributed by atoms with E-state index in [0.717, 1.165) is 5.56 Å². The van der Waals surface area contributed by atoms with Crippen molar-refractivity contribution in [2.75, 3.05) is 6.54 Å². The number of furan rings is 1. The third-order valence-corrected chi connectivity index (χ3v) is 3.14. The summed E-state index contributed by atoms with van der Waals surface area (Å²) in [5.74, 6) is -0.452. The summed E-state index contributed by atoms with van der Waals surface area (Å²) < 4.78 is 4.95. The second-order valence-corrected chi connectivity index (χ2v) is 4.40. The van der Waals surface area contributed by atoms with Crippen LogP contribution in [0.25, 0.3) is 0 Å². The number of Topliss-reactive ketones (excluding diaryl/α,β-unsaturated/α-hetero) is 1. The minimum Gasteiger partial charge on any atom is -0.461 e. The zero-order valence-electron chi connectivity index (χ0n) is 10.3. The largest absolute Gasteiger partial charge is 0.461 e. The van der Waals surface area contributed by atoms with Crippen LogP contribution in [-0.4, -0.2) is 18.2 Å². The van der Waals surface area contributed by atoms with Gasteiger partial charge in [0.15, 0.2) is 5.76 Å². The van der Waals surface area contributed by atoms with Gasteiger partial charge in [0.05, 0.1) is 23.4 Å². The molecule has 98 valence electrons. The van der Waals surface area contributed by atoms with Crippen molar-refractivity contribution in [2.24, 2.45) is 0 Å². The molecule has 0 fully saturated rings. The minimum absolute atomic E-state index is 0.128. The van der Waals surface area contributed by atoms with Crippen molar-refractivity contribution in [3.63, 3.8) is 0 Å². The highest BCUT2D eigenvalue weighted by molar-refractivity contribution is 6.34. The minimum atomic E-state index is -0.381. The molecule has 1 aromatic carbocycles. The molecule has 0 unspecified atom stereocenters. The topological polar surface area (TPSA) is 59.3 Å². The van der Waals surface area contributed by atoms with Crippen LogP contribution in [0.15, 0.2) is 41.0 Å². The molecule has 0 spiro atoms. The molecule has 2 rings (SSSR count). The molecule has 1 amide bonds. The molecule has 0 atom stereocenters. The van der Waals surface area contributed by atoms with Crippen LogP contribution in [0.1, 0.15) is 26.5 Å². The highest BCUT2D eigenvalue weighted by Crippen LogP contribution is 2.19. The molecule has 5 heteroatoms. The van der Waals surface area contributed by atoms with Gasteiger partial charge in [0.25, 0.3) is 5.91 Å². The van der Waals surface area contributed by atoms with Crippen LogP contribution in [-0.2, 0) is 0 Å². The zero-order chi connectivity index (χ0) is 13.8. The standard InChI is InChI=1S/C14H12ClNO3/c1-9-4-2-5-10(13(9)15)14(18)16-8-11(17)12-6-3-7-19-12/h2-7H,8H2,1H3,(H,16,18). The summed E-state index contributed by atoms with van der Waals surface area (Å²) in [5, 5.41) is 2.92. The van der Waals surface area contributed by atoms with Gasteiger partial charge < -0.3 is 9.73 Å². The lowest BCUT2D eigenvalue weighted by Crippen LogP contribution is -2.29. The maximum Gasteiger partial charge on any atom is 0.253 e. The van der Waals surface area contributed by atoms with Crippen LogP contribution >= 0.6 is 11.6 Å². The van der Waals surface area contributed by atoms with Crippen molar-refractivity contribution in [2.45, 2.75) is 6.92 Å². The van der Waals surface area contributed by atoms with Crippen LogP contribution < -0.4 is 5.32 Å². The van der Waals surface area contributed by atoms with E-state index < -0.39 is 0 Å². The summed E-state index contributed by atoms with van der Waals surface area (Å²) in [4.78, 5) is 23.6. The van der Waals surface area contributed by atoms with E-state index in [9.17, 15) is 9.59 Å². The second kappa shape index (κ2) is 5.71. The van der Waals surface area contributed by atoms with E-state index in [4.69, 9.17) is 16.0 Å². The first-order valence-electron chi connectivity index (χ1n) is 5.69. The smallest absolute Gasteiger partial charge is 0.253 e. The van der Waals surface area contributed by atoms with E-state index in [1.54, 1.807) is 24.3 Å². The number of hydrogen-bond donors (Lipinski definition) is 1. The summed E-state index contributed by atoms with van der Waals surface area (Å²) in [6.07, 6.45) is 1.41. The Balaban J connectivity index is 2.02. The van der Waals surface area contributed by atoms with E-state index in [-0.39, 0.29) is 24.0 Å². The number of benzene rings is 1. The molecular formula is C14H12ClNO3. The number of halogens is 1. The molecule has 19 heavy (non-hydrogen) atoms. The molecular weight excluding hydrogens is 266 g/mol. The van der Waals surface area contributed by atoms with Crippen molar-refractivity contribution >= 4 is 23.3 Å². The van der Waals surface area contributed by atoms with Crippen LogP contribution in [0.2, 0.25) is 5.02 Å². The average Bonchev–Trinajstić information content (AvgIpc) is 2.93. The summed E-state index contributed by atoms with van der Waals surface area (Å²) in [7, 11) is 0. The predicted molar refractivity (Wildman–Crippen MR) is 71.6 cm³/mol. The summed E-state index contributed by atoms with van der Waals surface area (Å²) in [5.41, 5.74) is 1.17. The maximum atomic E-state index is 11.9. The fraction of sp³-hybridized carbons (Fsp3) is 0.143. The van der Waals surface area contributed by atoms with Crippen LogP contribution in [0.5, 0.6) is 0 Å². The highest BCUT2D eigenvalue weighted by Gasteiger charge is 2.14. The van der Waals surface area contributed by atoms with Crippen LogP contribution in [0.3, 0.4) is 0 Å². The van der Waals surface area contributed by atoms with E-state index in [0.29, 0.717) is 10.6 Å². The van der Waals surface area contributed by atoms with Gasteiger partial charge in [0, 0.05) is 0 Å². The van der Waals surface area contributed by atoms with E-state index in [1.807, 2.05) is 13.0 Å². The fourth-order valence-electron chi connectivity index (χ4n) is 1.60. The monoisotopic (exact) mass is 277 g/mol. The molecule has 0 radical (unpaired) electrons. The van der Waals surface area contributed by atoms with Crippen molar-refractivity contribution in [1.82, 2.24) is 5.32 Å². The van der Waals surface area contributed by atoms with Crippen LogP contribution in [0, 0.1) is 6.92 Å². The summed E-state index contributed by atoms with van der Waals surface area (Å²) in [6, 6.07) is 8.33. The Kier molecular flexibility index (Phi) is 4.02. The van der Waals surface area contributed by atoms with E-state index in [2.05, 4.69) is 5.32 Å². The predicted octanol–water partition coefficient (Wildman–Crippen LogP) is 2.85. The van der Waals surface area contributed by atoms with Gasteiger partial charge in [-0.1, -0.05) is 23.7 Å². The van der Waals surface area contributed by atoms with Gasteiger partial charge in [0.1, 0.15) is 0 Å². The summed E-state index contributed by atoms with van der Waals surface area (Å²) >= 11 is 6.04. The first-order chi connectivity index (χ1) is 9.09. The van der Waals surface area contributed by atoms with Crippen molar-refractivity contribution in [3.8, 4) is 0 Å². The van der Waals surface area contributed by atoms with Crippen molar-refractivity contribution in [1.29, 1.82) is 0 Å². The Morgan fingerprint density at radius 3 is 2.74 bits per heavy atom.